The van der Waals surface area contributed by atoms with E-state index in [4.69, 9.17) is 4.74 Å². The number of rotatable bonds is 5. The number of thioether (sulfide) groups is 1. The molecule has 6 nitrogen and oxygen atoms in total. The Labute approximate surface area is 103 Å². The number of Topliss-reactive ketones (excluding diaryl/α,β-unsaturated/α-hetero) is 1. The van der Waals surface area contributed by atoms with Crippen LogP contribution in [0.2, 0.25) is 0 Å². The zero-order valence-electron chi connectivity index (χ0n) is 9.64. The van der Waals surface area contributed by atoms with Gasteiger partial charge >= 0.3 is 5.69 Å². The summed E-state index contributed by atoms with van der Waals surface area (Å²) in [5.41, 5.74) is -0.230. The zero-order valence-corrected chi connectivity index (χ0v) is 10.5. The monoisotopic (exact) mass is 257 g/mol. The van der Waals surface area contributed by atoms with Gasteiger partial charge in [-0.25, -0.2) is 9.89 Å². The van der Waals surface area contributed by atoms with Crippen LogP contribution in [-0.2, 0) is 16.1 Å². The Kier molecular flexibility index (Phi) is 4.01. The van der Waals surface area contributed by atoms with Gasteiger partial charge in [-0.05, 0) is 13.3 Å². The number of H-pyrrole nitrogens is 1. The first-order chi connectivity index (χ1) is 8.22. The van der Waals surface area contributed by atoms with Crippen LogP contribution in [0.15, 0.2) is 9.95 Å². The van der Waals surface area contributed by atoms with E-state index in [1.807, 2.05) is 6.92 Å². The Balaban J connectivity index is 1.92. The van der Waals surface area contributed by atoms with E-state index in [1.165, 1.54) is 16.3 Å². The molecule has 1 aromatic rings. The van der Waals surface area contributed by atoms with E-state index >= 15 is 0 Å². The Bertz CT molecular complexity index is 448. The summed E-state index contributed by atoms with van der Waals surface area (Å²) in [6.07, 6.45) is 0.806. The quantitative estimate of drug-likeness (QED) is 0.767. The summed E-state index contributed by atoms with van der Waals surface area (Å²) in [7, 11) is 0. The van der Waals surface area contributed by atoms with Gasteiger partial charge in [-0.15, -0.1) is 5.10 Å². The van der Waals surface area contributed by atoms with E-state index in [9.17, 15) is 9.59 Å². The zero-order chi connectivity index (χ0) is 12.3. The second-order valence-electron chi connectivity index (χ2n) is 3.87. The SMILES string of the molecule is CCn1c(SCC(=O)C2CCOC2)n[nH]c1=O. The molecule has 1 fully saturated rings. The van der Waals surface area contributed by atoms with Crippen LogP contribution in [0, 0.1) is 5.92 Å². The number of nitrogens with one attached hydrogen (secondary N) is 1. The number of ether oxygens (including phenoxy) is 1. The minimum Gasteiger partial charge on any atom is -0.381 e. The maximum atomic E-state index is 11.8. The number of carbonyl (C=O) groups excluding carboxylic acids is 1. The minimum absolute atomic E-state index is 0.0169. The van der Waals surface area contributed by atoms with Crippen molar-refractivity contribution in [3.05, 3.63) is 10.5 Å². The molecular formula is C10H15N3O3S. The van der Waals surface area contributed by atoms with Crippen LogP contribution in [-0.4, -0.2) is 39.5 Å². The fourth-order valence-corrected chi connectivity index (χ4v) is 2.72. The molecule has 94 valence electrons. The molecule has 2 rings (SSSR count). The van der Waals surface area contributed by atoms with Gasteiger partial charge in [0.1, 0.15) is 5.78 Å². The molecule has 1 aromatic heterocycles. The van der Waals surface area contributed by atoms with Crippen molar-refractivity contribution in [2.75, 3.05) is 19.0 Å². The minimum atomic E-state index is -0.230. The molecule has 1 aliphatic rings. The molecule has 0 aliphatic carbocycles. The first-order valence-corrected chi connectivity index (χ1v) is 6.59. The second-order valence-corrected chi connectivity index (χ2v) is 4.81. The number of nitrogens with zero attached hydrogens (tertiary/aromatic N) is 2. The second kappa shape index (κ2) is 5.50. The first-order valence-electron chi connectivity index (χ1n) is 5.60. The lowest BCUT2D eigenvalue weighted by Gasteiger charge is -2.05. The van der Waals surface area contributed by atoms with Gasteiger partial charge in [-0.3, -0.25) is 9.36 Å². The topological polar surface area (TPSA) is 77.0 Å². The Morgan fingerprint density at radius 1 is 1.71 bits per heavy atom. The highest BCUT2D eigenvalue weighted by atomic mass is 32.2. The van der Waals surface area contributed by atoms with Crippen molar-refractivity contribution >= 4 is 17.5 Å². The summed E-state index contributed by atoms with van der Waals surface area (Å²) in [6, 6.07) is 0. The molecule has 2 heterocycles. The van der Waals surface area contributed by atoms with Crippen LogP contribution in [0.3, 0.4) is 0 Å². The van der Waals surface area contributed by atoms with E-state index in [0.717, 1.165) is 6.42 Å². The van der Waals surface area contributed by atoms with Crippen LogP contribution in [0.5, 0.6) is 0 Å². The van der Waals surface area contributed by atoms with Crippen molar-refractivity contribution in [1.29, 1.82) is 0 Å². The van der Waals surface area contributed by atoms with Gasteiger partial charge in [0.05, 0.1) is 12.4 Å². The predicted octanol–water partition coefficient (Wildman–Crippen LogP) is 0.289. The molecule has 0 spiro atoms. The molecule has 0 saturated carbocycles. The molecule has 1 aliphatic heterocycles. The van der Waals surface area contributed by atoms with Gasteiger partial charge in [-0.1, -0.05) is 11.8 Å². The lowest BCUT2D eigenvalue weighted by atomic mass is 10.1. The van der Waals surface area contributed by atoms with Crippen molar-refractivity contribution in [2.24, 2.45) is 5.92 Å². The van der Waals surface area contributed by atoms with Crippen molar-refractivity contribution in [3.8, 4) is 0 Å². The molecule has 1 atom stereocenters. The summed E-state index contributed by atoms with van der Waals surface area (Å²) >= 11 is 1.30. The molecule has 7 heteroatoms. The average Bonchev–Trinajstić information content (AvgIpc) is 2.95. The largest absolute Gasteiger partial charge is 0.381 e. The van der Waals surface area contributed by atoms with Gasteiger partial charge in [0, 0.05) is 19.1 Å². The number of aromatic amines is 1. The number of hydrogen-bond donors (Lipinski definition) is 1. The summed E-state index contributed by atoms with van der Waals surface area (Å²) < 4.78 is 6.69. The van der Waals surface area contributed by atoms with E-state index < -0.39 is 0 Å². The molecule has 1 unspecified atom stereocenters. The van der Waals surface area contributed by atoms with Gasteiger partial charge in [0.25, 0.3) is 0 Å². The number of hydrogen-bond acceptors (Lipinski definition) is 5. The van der Waals surface area contributed by atoms with Gasteiger partial charge in [0.2, 0.25) is 0 Å². The lowest BCUT2D eigenvalue weighted by molar-refractivity contribution is -0.120. The molecule has 0 radical (unpaired) electrons. The standard InChI is InChI=1S/C10H15N3O3S/c1-2-13-9(15)11-12-10(13)17-6-8(14)7-3-4-16-5-7/h7H,2-6H2,1H3,(H,11,15). The summed E-state index contributed by atoms with van der Waals surface area (Å²) in [5, 5.41) is 6.85. The highest BCUT2D eigenvalue weighted by Crippen LogP contribution is 2.19. The molecular weight excluding hydrogens is 242 g/mol. The molecule has 0 aromatic carbocycles. The van der Waals surface area contributed by atoms with Crippen molar-refractivity contribution in [2.45, 2.75) is 25.0 Å². The fourth-order valence-electron chi connectivity index (χ4n) is 1.73. The summed E-state index contributed by atoms with van der Waals surface area (Å²) in [6.45, 7) is 3.62. The van der Waals surface area contributed by atoms with E-state index in [2.05, 4.69) is 10.2 Å². The maximum Gasteiger partial charge on any atom is 0.343 e. The van der Waals surface area contributed by atoms with Crippen LogP contribution in [0.1, 0.15) is 13.3 Å². The Morgan fingerprint density at radius 3 is 3.18 bits per heavy atom. The number of carbonyl (C=O) groups is 1. The van der Waals surface area contributed by atoms with Gasteiger partial charge < -0.3 is 4.74 Å². The molecule has 0 bridgehead atoms. The third-order valence-electron chi connectivity index (χ3n) is 2.77. The van der Waals surface area contributed by atoms with Crippen molar-refractivity contribution in [1.82, 2.24) is 14.8 Å². The highest BCUT2D eigenvalue weighted by Gasteiger charge is 2.23. The van der Waals surface area contributed by atoms with Gasteiger partial charge in [-0.2, -0.15) is 0 Å². The van der Waals surface area contributed by atoms with E-state index in [0.29, 0.717) is 30.7 Å². The van der Waals surface area contributed by atoms with Crippen LogP contribution >= 0.6 is 11.8 Å². The lowest BCUT2D eigenvalue weighted by Crippen LogP contribution is -2.18. The smallest absolute Gasteiger partial charge is 0.343 e. The van der Waals surface area contributed by atoms with Gasteiger partial charge in [0.15, 0.2) is 5.16 Å². The first kappa shape index (κ1) is 12.4. The third-order valence-corrected chi connectivity index (χ3v) is 3.77. The fraction of sp³-hybridized carbons (Fsp3) is 0.700. The third kappa shape index (κ3) is 2.78. The maximum absolute atomic E-state index is 11.8. The predicted molar refractivity (Wildman–Crippen MR) is 63.2 cm³/mol. The molecule has 0 amide bonds. The van der Waals surface area contributed by atoms with E-state index in [-0.39, 0.29) is 17.4 Å². The van der Waals surface area contributed by atoms with Crippen LogP contribution in [0.4, 0.5) is 0 Å². The summed E-state index contributed by atoms with van der Waals surface area (Å²) in [4.78, 5) is 23.1. The number of ketones is 1. The van der Waals surface area contributed by atoms with E-state index in [1.54, 1.807) is 0 Å². The normalized spacial score (nSPS) is 19.7. The van der Waals surface area contributed by atoms with Crippen molar-refractivity contribution in [3.63, 3.8) is 0 Å². The van der Waals surface area contributed by atoms with Crippen LogP contribution in [0.25, 0.3) is 0 Å². The Hall–Kier alpha value is -1.08. The Morgan fingerprint density at radius 2 is 2.53 bits per heavy atom. The number of aromatic nitrogens is 3. The molecule has 17 heavy (non-hydrogen) atoms. The average molecular weight is 257 g/mol. The van der Waals surface area contributed by atoms with Crippen LogP contribution < -0.4 is 5.69 Å². The molecule has 1 saturated heterocycles. The van der Waals surface area contributed by atoms with Crippen molar-refractivity contribution < 1.29 is 9.53 Å². The molecule has 1 N–H and O–H groups in total. The highest BCUT2D eigenvalue weighted by molar-refractivity contribution is 7.99. The summed E-state index contributed by atoms with van der Waals surface area (Å²) in [5.74, 6) is 0.534.